The largest absolute Gasteiger partial charge is 0.476 e. The molecule has 0 saturated carbocycles. The van der Waals surface area contributed by atoms with Crippen LogP contribution in [-0.2, 0) is 4.79 Å². The highest BCUT2D eigenvalue weighted by Crippen LogP contribution is 2.34. The first kappa shape index (κ1) is 13.2. The molecule has 2 rings (SSSR count). The minimum Gasteiger partial charge on any atom is -0.476 e. The van der Waals surface area contributed by atoms with Crippen LogP contribution in [0.25, 0.3) is 0 Å². The molecule has 2 heterocycles. The molecular formula is C11H14N4O4. The van der Waals surface area contributed by atoms with Crippen molar-refractivity contribution >= 4 is 17.8 Å². The number of aromatic nitrogens is 2. The molecule has 102 valence electrons. The highest BCUT2D eigenvalue weighted by molar-refractivity contribution is 5.63. The fourth-order valence-corrected chi connectivity index (χ4v) is 2.14. The molecule has 1 aliphatic heterocycles. The lowest BCUT2D eigenvalue weighted by Gasteiger charge is -2.30. The number of nitrogens with zero attached hydrogens (tertiary/aromatic N) is 4. The Morgan fingerprint density at radius 3 is 2.68 bits per heavy atom. The van der Waals surface area contributed by atoms with Crippen molar-refractivity contribution in [2.24, 2.45) is 5.92 Å². The number of anilines is 1. The van der Waals surface area contributed by atoms with Crippen LogP contribution in [-0.4, -0.2) is 41.4 Å². The average Bonchev–Trinajstić information content (AvgIpc) is 2.46. The van der Waals surface area contributed by atoms with Crippen molar-refractivity contribution in [1.29, 1.82) is 0 Å². The van der Waals surface area contributed by atoms with E-state index in [2.05, 4.69) is 9.97 Å². The van der Waals surface area contributed by atoms with Crippen LogP contribution in [0.15, 0.2) is 6.33 Å². The molecule has 0 aliphatic carbocycles. The summed E-state index contributed by atoms with van der Waals surface area (Å²) in [6.45, 7) is 1.12. The van der Waals surface area contributed by atoms with Crippen molar-refractivity contribution in [1.82, 2.24) is 9.97 Å². The highest BCUT2D eigenvalue weighted by Gasteiger charge is 2.30. The van der Waals surface area contributed by atoms with Gasteiger partial charge in [-0.3, -0.25) is 10.1 Å². The summed E-state index contributed by atoms with van der Waals surface area (Å²) in [6.07, 6.45) is 3.53. The summed E-state index contributed by atoms with van der Waals surface area (Å²) >= 11 is 0. The van der Waals surface area contributed by atoms with E-state index in [-0.39, 0.29) is 23.3 Å². The first-order chi connectivity index (χ1) is 9.17. The van der Waals surface area contributed by atoms with Gasteiger partial charge < -0.3 is 14.4 Å². The van der Waals surface area contributed by atoms with Gasteiger partial charge in [0.2, 0.25) is 5.82 Å². The number of nitro groups is 1. The van der Waals surface area contributed by atoms with E-state index in [0.717, 1.165) is 6.29 Å². The predicted molar refractivity (Wildman–Crippen MR) is 66.2 cm³/mol. The van der Waals surface area contributed by atoms with Gasteiger partial charge in [-0.25, -0.2) is 4.98 Å². The zero-order valence-electron chi connectivity index (χ0n) is 10.5. The van der Waals surface area contributed by atoms with Gasteiger partial charge in [0.1, 0.15) is 12.6 Å². The second-order valence-electron chi connectivity index (χ2n) is 4.27. The Labute approximate surface area is 109 Å². The lowest BCUT2D eigenvalue weighted by atomic mass is 9.98. The second kappa shape index (κ2) is 5.59. The molecule has 0 spiro atoms. The second-order valence-corrected chi connectivity index (χ2v) is 4.27. The number of ether oxygens (including phenoxy) is 1. The number of rotatable bonds is 4. The maximum Gasteiger partial charge on any atom is 0.372 e. The molecule has 0 bridgehead atoms. The van der Waals surface area contributed by atoms with Gasteiger partial charge in [0.25, 0.3) is 5.88 Å². The number of aldehydes is 1. The summed E-state index contributed by atoms with van der Waals surface area (Å²) in [6, 6.07) is 0. The van der Waals surface area contributed by atoms with Crippen LogP contribution in [0.4, 0.5) is 11.5 Å². The number of piperidine rings is 1. The van der Waals surface area contributed by atoms with Crippen molar-refractivity contribution in [3.8, 4) is 5.88 Å². The van der Waals surface area contributed by atoms with Gasteiger partial charge in [-0.2, -0.15) is 4.98 Å². The minimum atomic E-state index is -0.542. The molecule has 8 nitrogen and oxygen atoms in total. The molecule has 1 aromatic heterocycles. The van der Waals surface area contributed by atoms with Gasteiger partial charge in [0.05, 0.1) is 12.0 Å². The molecule has 0 amide bonds. The predicted octanol–water partition coefficient (Wildman–Crippen LogP) is 0.809. The SMILES string of the molecule is COc1ncnc(N2CCC(C=O)CC2)c1[N+](=O)[O-]. The van der Waals surface area contributed by atoms with Crippen LogP contribution in [0, 0.1) is 16.0 Å². The lowest BCUT2D eigenvalue weighted by Crippen LogP contribution is -2.35. The molecule has 1 fully saturated rings. The van der Waals surface area contributed by atoms with Gasteiger partial charge in [0.15, 0.2) is 0 Å². The van der Waals surface area contributed by atoms with E-state index in [9.17, 15) is 14.9 Å². The van der Waals surface area contributed by atoms with E-state index in [0.29, 0.717) is 25.9 Å². The first-order valence-corrected chi connectivity index (χ1v) is 5.91. The van der Waals surface area contributed by atoms with Crippen LogP contribution >= 0.6 is 0 Å². The van der Waals surface area contributed by atoms with Gasteiger partial charge in [-0.05, 0) is 12.8 Å². The fourth-order valence-electron chi connectivity index (χ4n) is 2.14. The van der Waals surface area contributed by atoms with E-state index in [1.54, 1.807) is 4.90 Å². The molecule has 1 aliphatic rings. The molecule has 1 aromatic rings. The number of methoxy groups -OCH3 is 1. The molecular weight excluding hydrogens is 252 g/mol. The van der Waals surface area contributed by atoms with E-state index in [1.165, 1.54) is 13.4 Å². The Morgan fingerprint density at radius 2 is 2.16 bits per heavy atom. The molecule has 19 heavy (non-hydrogen) atoms. The van der Waals surface area contributed by atoms with Crippen LogP contribution in [0.1, 0.15) is 12.8 Å². The third-order valence-electron chi connectivity index (χ3n) is 3.18. The van der Waals surface area contributed by atoms with E-state index < -0.39 is 4.92 Å². The van der Waals surface area contributed by atoms with Gasteiger partial charge in [-0.1, -0.05) is 0 Å². The first-order valence-electron chi connectivity index (χ1n) is 5.91. The van der Waals surface area contributed by atoms with Gasteiger partial charge in [-0.15, -0.1) is 0 Å². The van der Waals surface area contributed by atoms with Gasteiger partial charge >= 0.3 is 5.69 Å². The third kappa shape index (κ3) is 2.61. The Kier molecular flexibility index (Phi) is 3.88. The summed E-state index contributed by atoms with van der Waals surface area (Å²) in [5.74, 6) is 0.229. The monoisotopic (exact) mass is 266 g/mol. The van der Waals surface area contributed by atoms with Crippen molar-refractivity contribution < 1.29 is 14.5 Å². The lowest BCUT2D eigenvalue weighted by molar-refractivity contribution is -0.385. The zero-order chi connectivity index (χ0) is 13.8. The van der Waals surface area contributed by atoms with E-state index in [4.69, 9.17) is 4.74 Å². The maximum absolute atomic E-state index is 11.1. The molecule has 0 unspecified atom stereocenters. The Hall–Kier alpha value is -2.25. The Balaban J connectivity index is 2.30. The standard InChI is InChI=1S/C11H14N4O4/c1-19-11-9(15(17)18)10(12-7-13-11)14-4-2-8(6-16)3-5-14/h6-8H,2-5H2,1H3. The number of hydrogen-bond acceptors (Lipinski definition) is 7. The Morgan fingerprint density at radius 1 is 1.47 bits per heavy atom. The number of carbonyl (C=O) groups excluding carboxylic acids is 1. The number of hydrogen-bond donors (Lipinski definition) is 0. The highest BCUT2D eigenvalue weighted by atomic mass is 16.6. The molecule has 0 atom stereocenters. The van der Waals surface area contributed by atoms with Crippen molar-refractivity contribution in [2.75, 3.05) is 25.1 Å². The van der Waals surface area contributed by atoms with Crippen LogP contribution < -0.4 is 9.64 Å². The quantitative estimate of drug-likeness (QED) is 0.451. The summed E-state index contributed by atoms with van der Waals surface area (Å²) < 4.78 is 4.90. The number of carbonyl (C=O) groups is 1. The van der Waals surface area contributed by atoms with Crippen LogP contribution in [0.2, 0.25) is 0 Å². The molecule has 8 heteroatoms. The van der Waals surface area contributed by atoms with E-state index >= 15 is 0 Å². The van der Waals surface area contributed by atoms with Crippen LogP contribution in [0.3, 0.4) is 0 Å². The average molecular weight is 266 g/mol. The summed E-state index contributed by atoms with van der Waals surface area (Å²) in [5, 5.41) is 11.1. The fraction of sp³-hybridized carbons (Fsp3) is 0.545. The molecule has 0 aromatic carbocycles. The zero-order valence-corrected chi connectivity index (χ0v) is 10.5. The van der Waals surface area contributed by atoms with E-state index in [1.807, 2.05) is 0 Å². The normalized spacial score (nSPS) is 16.2. The molecule has 0 N–H and O–H groups in total. The summed E-state index contributed by atoms with van der Waals surface area (Å²) in [5.41, 5.74) is -0.227. The topological polar surface area (TPSA) is 98.5 Å². The molecule has 1 saturated heterocycles. The smallest absolute Gasteiger partial charge is 0.372 e. The summed E-state index contributed by atoms with van der Waals surface area (Å²) in [4.78, 5) is 30.8. The van der Waals surface area contributed by atoms with Crippen LogP contribution in [0.5, 0.6) is 5.88 Å². The Bertz CT molecular complexity index is 486. The van der Waals surface area contributed by atoms with Crippen molar-refractivity contribution in [2.45, 2.75) is 12.8 Å². The molecule has 0 radical (unpaired) electrons. The minimum absolute atomic E-state index is 0.0269. The van der Waals surface area contributed by atoms with Crippen molar-refractivity contribution in [3.05, 3.63) is 16.4 Å². The van der Waals surface area contributed by atoms with Crippen molar-refractivity contribution in [3.63, 3.8) is 0 Å². The summed E-state index contributed by atoms with van der Waals surface area (Å²) in [7, 11) is 1.33. The maximum atomic E-state index is 11.1. The van der Waals surface area contributed by atoms with Gasteiger partial charge in [0, 0.05) is 19.0 Å². The third-order valence-corrected chi connectivity index (χ3v) is 3.18.